The Morgan fingerprint density at radius 3 is 0.917 bits per heavy atom. The van der Waals surface area contributed by atoms with Crippen LogP contribution in [-0.2, 0) is 85.7 Å². The highest BCUT2D eigenvalue weighted by Gasteiger charge is 2.55. The summed E-state index contributed by atoms with van der Waals surface area (Å²) in [6.45, 7) is 8.13. The zero-order chi connectivity index (χ0) is 44.3. The summed E-state index contributed by atoms with van der Waals surface area (Å²) in [5.74, 6) is -5.61. The van der Waals surface area contributed by atoms with Crippen LogP contribution in [0.2, 0.25) is 0 Å². The van der Waals surface area contributed by atoms with Crippen LogP contribution in [0.15, 0.2) is 48.5 Å². The smallest absolute Gasteiger partial charge is 0.303 e. The van der Waals surface area contributed by atoms with Gasteiger partial charge in [-0.3, -0.25) is 38.4 Å². The third kappa shape index (κ3) is 13.4. The summed E-state index contributed by atoms with van der Waals surface area (Å²) >= 11 is 0. The van der Waals surface area contributed by atoms with Crippen LogP contribution in [0.1, 0.15) is 55.4 Å². The fourth-order valence-electron chi connectivity index (χ4n) is 6.29. The molecular weight excluding hydrogens is 800 g/mol. The number of hydrogen-bond donors (Lipinski definition) is 0. The molecule has 20 heteroatoms. The van der Waals surface area contributed by atoms with E-state index < -0.39 is 122 Å². The predicted octanol–water partition coefficient (Wildman–Crippen LogP) is 2.28. The Bertz CT molecular complexity index is 1740. The van der Waals surface area contributed by atoms with Crippen molar-refractivity contribution < 1.29 is 95.2 Å². The van der Waals surface area contributed by atoms with Gasteiger partial charge in [0.1, 0.15) is 36.9 Å². The minimum atomic E-state index is -1.44. The molecule has 2 fully saturated rings. The van der Waals surface area contributed by atoms with Crippen LogP contribution in [0, 0.1) is 0 Å². The molecule has 0 unspecified atom stereocenters. The Kier molecular flexibility index (Phi) is 16.3. The molecule has 0 spiro atoms. The lowest BCUT2D eigenvalue weighted by Crippen LogP contribution is -2.63. The summed E-state index contributed by atoms with van der Waals surface area (Å²) in [4.78, 5) is 96.1. The third-order valence-corrected chi connectivity index (χ3v) is 8.44. The molecule has 20 nitrogen and oxygen atoms in total. The number of hydrogen-bond acceptors (Lipinski definition) is 20. The van der Waals surface area contributed by atoms with Gasteiger partial charge in [0.15, 0.2) is 24.4 Å². The maximum Gasteiger partial charge on any atom is 0.303 e. The average Bonchev–Trinajstić information content (AvgIpc) is 3.14. The molecule has 0 saturated carbocycles. The van der Waals surface area contributed by atoms with Gasteiger partial charge in [-0.25, -0.2) is 0 Å². The van der Waals surface area contributed by atoms with Gasteiger partial charge in [-0.2, -0.15) is 0 Å². The lowest BCUT2D eigenvalue weighted by molar-refractivity contribution is -0.288. The normalized spacial score (nSPS) is 25.9. The minimum absolute atomic E-state index is 0.211. The Hall–Kier alpha value is -6.28. The summed E-state index contributed by atoms with van der Waals surface area (Å²) in [6.07, 6.45) is -13.7. The van der Waals surface area contributed by atoms with E-state index in [-0.39, 0.29) is 11.5 Å². The van der Waals surface area contributed by atoms with Crippen LogP contribution >= 0.6 is 0 Å². The molecule has 2 aromatic carbocycles. The molecular formula is C40H46O20. The minimum Gasteiger partial charge on any atom is -0.463 e. The Balaban J connectivity index is 1.57. The second kappa shape index (κ2) is 21.1. The molecule has 2 aliphatic heterocycles. The number of benzene rings is 2. The van der Waals surface area contributed by atoms with E-state index in [2.05, 4.69) is 0 Å². The van der Waals surface area contributed by atoms with E-state index in [9.17, 15) is 38.4 Å². The summed E-state index contributed by atoms with van der Waals surface area (Å²) in [6, 6.07) is 13.1. The monoisotopic (exact) mass is 846 g/mol. The van der Waals surface area contributed by atoms with E-state index in [4.69, 9.17) is 56.8 Å². The molecule has 326 valence electrons. The fourth-order valence-corrected chi connectivity index (χ4v) is 6.29. The Morgan fingerprint density at radius 1 is 0.383 bits per heavy atom. The fraction of sp³-hybridized carbons (Fsp3) is 0.500. The van der Waals surface area contributed by atoms with Crippen LogP contribution in [0.3, 0.4) is 0 Å². The molecule has 60 heavy (non-hydrogen) atoms. The second-order valence-corrected chi connectivity index (χ2v) is 13.4. The van der Waals surface area contributed by atoms with Crippen LogP contribution in [0.25, 0.3) is 11.1 Å². The third-order valence-electron chi connectivity index (χ3n) is 8.44. The summed E-state index contributed by atoms with van der Waals surface area (Å²) in [5, 5.41) is 0. The van der Waals surface area contributed by atoms with Gasteiger partial charge >= 0.3 is 47.8 Å². The molecule has 0 N–H and O–H groups in total. The first-order chi connectivity index (χ1) is 28.3. The summed E-state index contributed by atoms with van der Waals surface area (Å²) in [7, 11) is 0. The molecule has 2 aromatic rings. The van der Waals surface area contributed by atoms with E-state index in [0.717, 1.165) is 55.4 Å². The van der Waals surface area contributed by atoms with Gasteiger partial charge in [0, 0.05) is 55.4 Å². The number of carbonyl (C=O) groups is 8. The molecule has 0 aliphatic carbocycles. The standard InChI is InChI=1S/C40H46O20/c1-19(41)49-17-31-33(51-21(3)43)35(53-23(5)45)37(55-25(7)47)39(59-31)57-29-13-9-27(10-14-29)28-11-15-30(16-12-28)58-40-38(56-26(8)48)36(54-24(6)46)34(52-22(4)44)32(60-40)18-50-20(2)42/h9-16,31-40H,17-18H2,1-8H3/t31-,32-,33-,34-,35+,36+,37+,38+,39+,40+/m1/s1. The molecule has 10 atom stereocenters. The van der Waals surface area contributed by atoms with Gasteiger partial charge in [-0.05, 0) is 35.4 Å². The number of rotatable bonds is 15. The number of carbonyl (C=O) groups excluding carboxylic acids is 8. The summed E-state index contributed by atoms with van der Waals surface area (Å²) in [5.41, 5.74) is 1.37. The maximum atomic E-state index is 12.2. The maximum absolute atomic E-state index is 12.2. The highest BCUT2D eigenvalue weighted by Crippen LogP contribution is 2.34. The molecule has 0 aromatic heterocycles. The molecule has 4 rings (SSSR count). The molecule has 2 heterocycles. The van der Waals surface area contributed by atoms with Gasteiger partial charge in [0.25, 0.3) is 0 Å². The first-order valence-electron chi connectivity index (χ1n) is 18.5. The van der Waals surface area contributed by atoms with Gasteiger partial charge < -0.3 is 56.8 Å². The van der Waals surface area contributed by atoms with E-state index in [1.807, 2.05) is 0 Å². The first-order valence-corrected chi connectivity index (χ1v) is 18.5. The largest absolute Gasteiger partial charge is 0.463 e. The molecule has 0 radical (unpaired) electrons. The average molecular weight is 847 g/mol. The van der Waals surface area contributed by atoms with Gasteiger partial charge in [0.05, 0.1) is 0 Å². The first kappa shape index (κ1) is 46.4. The van der Waals surface area contributed by atoms with Crippen LogP contribution in [0.5, 0.6) is 11.5 Å². The summed E-state index contributed by atoms with van der Waals surface area (Å²) < 4.78 is 67.0. The Labute approximate surface area is 343 Å². The van der Waals surface area contributed by atoms with Crippen molar-refractivity contribution in [2.24, 2.45) is 0 Å². The van der Waals surface area contributed by atoms with Crippen molar-refractivity contribution in [1.82, 2.24) is 0 Å². The van der Waals surface area contributed by atoms with Crippen molar-refractivity contribution >= 4 is 47.8 Å². The van der Waals surface area contributed by atoms with E-state index in [0.29, 0.717) is 11.1 Å². The molecule has 0 amide bonds. The topological polar surface area (TPSA) is 247 Å². The van der Waals surface area contributed by atoms with Gasteiger partial charge in [0.2, 0.25) is 24.8 Å². The zero-order valence-corrected chi connectivity index (χ0v) is 34.0. The number of esters is 8. The van der Waals surface area contributed by atoms with Crippen molar-refractivity contribution in [1.29, 1.82) is 0 Å². The van der Waals surface area contributed by atoms with Crippen LogP contribution in [-0.4, -0.2) is 122 Å². The van der Waals surface area contributed by atoms with E-state index >= 15 is 0 Å². The molecule has 2 saturated heterocycles. The van der Waals surface area contributed by atoms with Crippen molar-refractivity contribution in [2.45, 2.75) is 117 Å². The van der Waals surface area contributed by atoms with E-state index in [1.54, 1.807) is 48.5 Å². The molecule has 0 bridgehead atoms. The lowest BCUT2D eigenvalue weighted by atomic mass is 9.98. The van der Waals surface area contributed by atoms with Gasteiger partial charge in [-0.1, -0.05) is 24.3 Å². The SMILES string of the molecule is CC(=O)OC[C@H]1O[C@H](Oc2ccc(-c3ccc(O[C@H]4O[C@H](COC(C)=O)[C@@H](OC(C)=O)[C@H](OC(C)=O)[C@@H]4OC(C)=O)cc3)cc2)[C@@H](OC(C)=O)[C@@H](OC(C)=O)[C@@H]1OC(C)=O. The van der Waals surface area contributed by atoms with Crippen molar-refractivity contribution in [3.63, 3.8) is 0 Å². The predicted molar refractivity (Wildman–Crippen MR) is 197 cm³/mol. The van der Waals surface area contributed by atoms with Crippen LogP contribution < -0.4 is 9.47 Å². The highest BCUT2D eigenvalue weighted by molar-refractivity contribution is 5.70. The zero-order valence-electron chi connectivity index (χ0n) is 34.0. The van der Waals surface area contributed by atoms with Crippen molar-refractivity contribution in [3.05, 3.63) is 48.5 Å². The quantitative estimate of drug-likeness (QED) is 0.184. The van der Waals surface area contributed by atoms with Gasteiger partial charge in [-0.15, -0.1) is 0 Å². The Morgan fingerprint density at radius 2 is 0.650 bits per heavy atom. The van der Waals surface area contributed by atoms with Crippen molar-refractivity contribution in [3.8, 4) is 22.6 Å². The highest BCUT2D eigenvalue weighted by atomic mass is 16.7. The van der Waals surface area contributed by atoms with Crippen LogP contribution in [0.4, 0.5) is 0 Å². The molecule has 2 aliphatic rings. The van der Waals surface area contributed by atoms with E-state index in [1.165, 1.54) is 0 Å². The number of ether oxygens (including phenoxy) is 12. The second-order valence-electron chi connectivity index (χ2n) is 13.4. The van der Waals surface area contributed by atoms with Crippen molar-refractivity contribution in [2.75, 3.05) is 13.2 Å². The lowest BCUT2D eigenvalue weighted by Gasteiger charge is -2.43.